The van der Waals surface area contributed by atoms with Crippen LogP contribution in [-0.2, 0) is 4.79 Å². The molecule has 3 rings (SSSR count). The molecule has 0 aliphatic heterocycles. The van der Waals surface area contributed by atoms with Crippen molar-refractivity contribution >= 4 is 23.2 Å². The van der Waals surface area contributed by atoms with Crippen LogP contribution in [0.4, 0.5) is 11.4 Å². The first-order valence-electron chi connectivity index (χ1n) is 9.64. The summed E-state index contributed by atoms with van der Waals surface area (Å²) >= 11 is 0. The van der Waals surface area contributed by atoms with Gasteiger partial charge in [0.2, 0.25) is 5.91 Å². The smallest absolute Gasteiger partial charge is 0.253 e. The Kier molecular flexibility index (Phi) is 6.63. The highest BCUT2D eigenvalue weighted by Crippen LogP contribution is 2.19. The normalized spacial score (nSPS) is 10.4. The van der Waals surface area contributed by atoms with E-state index in [0.29, 0.717) is 24.3 Å². The van der Waals surface area contributed by atoms with E-state index in [9.17, 15) is 9.59 Å². The highest BCUT2D eigenvalue weighted by molar-refractivity contribution is 5.96. The third-order valence-corrected chi connectivity index (χ3v) is 4.56. The molecule has 7 heteroatoms. The van der Waals surface area contributed by atoms with Crippen LogP contribution < -0.4 is 10.6 Å². The van der Waals surface area contributed by atoms with E-state index in [2.05, 4.69) is 15.7 Å². The molecule has 29 heavy (non-hydrogen) atoms. The molecule has 7 nitrogen and oxygen atoms in total. The minimum absolute atomic E-state index is 0.00947. The fourth-order valence-corrected chi connectivity index (χ4v) is 3.00. The lowest BCUT2D eigenvalue weighted by Crippen LogP contribution is -2.30. The molecule has 0 spiro atoms. The number of amides is 2. The molecule has 0 unspecified atom stereocenters. The average molecular weight is 391 g/mol. The number of hydrogen-bond donors (Lipinski definition) is 2. The molecule has 1 heterocycles. The van der Waals surface area contributed by atoms with Gasteiger partial charge in [-0.3, -0.25) is 9.59 Å². The van der Waals surface area contributed by atoms with Gasteiger partial charge in [0.05, 0.1) is 17.9 Å². The zero-order valence-electron chi connectivity index (χ0n) is 16.6. The van der Waals surface area contributed by atoms with E-state index in [1.807, 2.05) is 50.4 Å². The summed E-state index contributed by atoms with van der Waals surface area (Å²) in [6.45, 7) is 5.35. The predicted molar refractivity (Wildman–Crippen MR) is 114 cm³/mol. The molecule has 1 aromatic heterocycles. The maximum Gasteiger partial charge on any atom is 0.253 e. The summed E-state index contributed by atoms with van der Waals surface area (Å²) in [6, 6.07) is 16.4. The van der Waals surface area contributed by atoms with Gasteiger partial charge >= 0.3 is 0 Å². The van der Waals surface area contributed by atoms with Gasteiger partial charge in [-0.15, -0.1) is 0 Å². The first kappa shape index (κ1) is 20.1. The number of rotatable bonds is 8. The van der Waals surface area contributed by atoms with Gasteiger partial charge in [0.25, 0.3) is 5.91 Å². The Morgan fingerprint density at radius 2 is 1.72 bits per heavy atom. The molecule has 150 valence electrons. The maximum atomic E-state index is 12.4. The van der Waals surface area contributed by atoms with Crippen molar-refractivity contribution in [2.45, 2.75) is 13.8 Å². The van der Waals surface area contributed by atoms with Gasteiger partial charge in [0.15, 0.2) is 0 Å². The summed E-state index contributed by atoms with van der Waals surface area (Å²) in [7, 11) is 0. The summed E-state index contributed by atoms with van der Waals surface area (Å²) in [4.78, 5) is 26.4. The number of nitrogens with zero attached hydrogens (tertiary/aromatic N) is 3. The second kappa shape index (κ2) is 9.54. The second-order valence-electron chi connectivity index (χ2n) is 6.42. The lowest BCUT2D eigenvalue weighted by atomic mass is 10.1. The Balaban J connectivity index is 1.59. The Morgan fingerprint density at radius 3 is 2.38 bits per heavy atom. The minimum Gasteiger partial charge on any atom is -0.374 e. The van der Waals surface area contributed by atoms with Gasteiger partial charge in [0, 0.05) is 36.7 Å². The maximum absolute atomic E-state index is 12.4. The lowest BCUT2D eigenvalue weighted by molar-refractivity contribution is -0.114. The highest BCUT2D eigenvalue weighted by atomic mass is 16.2. The molecule has 0 bridgehead atoms. The molecule has 0 atom stereocenters. The van der Waals surface area contributed by atoms with Gasteiger partial charge in [0.1, 0.15) is 0 Å². The van der Waals surface area contributed by atoms with Gasteiger partial charge in [-0.2, -0.15) is 5.10 Å². The van der Waals surface area contributed by atoms with Gasteiger partial charge < -0.3 is 15.5 Å². The first-order valence-corrected chi connectivity index (χ1v) is 9.64. The number of carbonyl (C=O) groups is 2. The topological polar surface area (TPSA) is 79.3 Å². The summed E-state index contributed by atoms with van der Waals surface area (Å²) in [5.74, 6) is -0.187. The van der Waals surface area contributed by atoms with Crippen molar-refractivity contribution in [2.24, 2.45) is 0 Å². The molecular weight excluding hydrogens is 366 g/mol. The number of para-hydroxylation sites is 2. The van der Waals surface area contributed by atoms with Crippen molar-refractivity contribution in [3.8, 4) is 5.69 Å². The Labute approximate surface area is 170 Å². The number of nitrogens with one attached hydrogen (secondary N) is 2. The molecule has 0 saturated heterocycles. The van der Waals surface area contributed by atoms with E-state index >= 15 is 0 Å². The molecule has 2 N–H and O–H groups in total. The number of anilines is 2. The number of aromatic nitrogens is 2. The zero-order chi connectivity index (χ0) is 20.6. The Bertz CT molecular complexity index is 948. The van der Waals surface area contributed by atoms with Crippen LogP contribution in [0.2, 0.25) is 0 Å². The second-order valence-corrected chi connectivity index (χ2v) is 6.42. The number of hydrogen-bond acceptors (Lipinski definition) is 4. The van der Waals surface area contributed by atoms with E-state index in [1.54, 1.807) is 40.0 Å². The molecule has 2 aromatic carbocycles. The quantitative estimate of drug-likeness (QED) is 0.617. The van der Waals surface area contributed by atoms with Crippen molar-refractivity contribution in [1.29, 1.82) is 0 Å². The Morgan fingerprint density at radius 1 is 1.00 bits per heavy atom. The molecule has 0 aliphatic carbocycles. The Hall–Kier alpha value is -3.61. The fourth-order valence-electron chi connectivity index (χ4n) is 3.00. The minimum atomic E-state index is -0.178. The van der Waals surface area contributed by atoms with E-state index in [4.69, 9.17) is 0 Å². The fraction of sp³-hybridized carbons (Fsp3) is 0.227. The van der Waals surface area contributed by atoms with Crippen LogP contribution in [0.1, 0.15) is 24.2 Å². The van der Waals surface area contributed by atoms with Crippen LogP contribution in [0, 0.1) is 0 Å². The average Bonchev–Trinajstić information content (AvgIpc) is 3.28. The van der Waals surface area contributed by atoms with Crippen LogP contribution >= 0.6 is 0 Å². The van der Waals surface area contributed by atoms with E-state index in [0.717, 1.165) is 11.4 Å². The van der Waals surface area contributed by atoms with Crippen LogP contribution in [0.3, 0.4) is 0 Å². The third-order valence-electron chi connectivity index (χ3n) is 4.56. The molecule has 3 aromatic rings. The van der Waals surface area contributed by atoms with Crippen LogP contribution in [0.25, 0.3) is 5.69 Å². The molecular formula is C22H25N5O2. The van der Waals surface area contributed by atoms with Gasteiger partial charge in [-0.1, -0.05) is 12.1 Å². The molecule has 0 fully saturated rings. The molecule has 0 radical (unpaired) electrons. The SMILES string of the molecule is CCN(CC)C(=O)c1ccc(NC(=O)CNc2ccccc2-n2cccn2)cc1. The lowest BCUT2D eigenvalue weighted by Gasteiger charge is -2.18. The van der Waals surface area contributed by atoms with Gasteiger partial charge in [-0.25, -0.2) is 4.68 Å². The number of benzene rings is 2. The summed E-state index contributed by atoms with van der Waals surface area (Å²) < 4.78 is 1.74. The molecule has 0 saturated carbocycles. The van der Waals surface area contributed by atoms with Crippen molar-refractivity contribution in [1.82, 2.24) is 14.7 Å². The first-order chi connectivity index (χ1) is 14.1. The summed E-state index contributed by atoms with van der Waals surface area (Å²) in [5.41, 5.74) is 2.93. The van der Waals surface area contributed by atoms with Crippen molar-refractivity contribution in [3.05, 3.63) is 72.6 Å². The van der Waals surface area contributed by atoms with E-state index in [1.165, 1.54) is 0 Å². The molecule has 0 aliphatic rings. The monoisotopic (exact) mass is 391 g/mol. The highest BCUT2D eigenvalue weighted by Gasteiger charge is 2.12. The summed E-state index contributed by atoms with van der Waals surface area (Å²) in [5, 5.41) is 10.2. The largest absolute Gasteiger partial charge is 0.374 e. The van der Waals surface area contributed by atoms with Crippen LogP contribution in [0.15, 0.2) is 67.0 Å². The van der Waals surface area contributed by atoms with Crippen molar-refractivity contribution < 1.29 is 9.59 Å². The standard InChI is InChI=1S/C22H25N5O2/c1-3-26(4-2)22(29)17-10-12-18(13-11-17)25-21(28)16-23-19-8-5-6-9-20(19)27-15-7-14-24-27/h5-15,23H,3-4,16H2,1-2H3,(H,25,28). The van der Waals surface area contributed by atoms with E-state index < -0.39 is 0 Å². The predicted octanol–water partition coefficient (Wildman–Crippen LogP) is 3.40. The van der Waals surface area contributed by atoms with E-state index in [-0.39, 0.29) is 18.4 Å². The molecule has 2 amide bonds. The van der Waals surface area contributed by atoms with Crippen LogP contribution in [-0.4, -0.2) is 46.1 Å². The number of carbonyl (C=O) groups excluding carboxylic acids is 2. The van der Waals surface area contributed by atoms with Crippen LogP contribution in [0.5, 0.6) is 0 Å². The van der Waals surface area contributed by atoms with Crippen molar-refractivity contribution in [2.75, 3.05) is 30.3 Å². The summed E-state index contributed by atoms with van der Waals surface area (Å²) in [6.07, 6.45) is 3.56. The third kappa shape index (κ3) is 5.01. The zero-order valence-corrected chi connectivity index (χ0v) is 16.6. The van der Waals surface area contributed by atoms with Crippen molar-refractivity contribution in [3.63, 3.8) is 0 Å². The van der Waals surface area contributed by atoms with Gasteiger partial charge in [-0.05, 0) is 56.3 Å².